The number of carbonyl (C=O) groups excluding carboxylic acids is 2. The van der Waals surface area contributed by atoms with Gasteiger partial charge in [-0.2, -0.15) is 0 Å². The predicted octanol–water partition coefficient (Wildman–Crippen LogP) is 5.62. The molecule has 2 saturated heterocycles. The first-order valence-electron chi connectivity index (χ1n) is 11.6. The highest BCUT2D eigenvalue weighted by atomic mass is 16.6. The second-order valence-corrected chi connectivity index (χ2v) is 8.18. The first-order chi connectivity index (χ1) is 15.7. The average molecular weight is 439 g/mol. The Labute approximate surface area is 191 Å². The van der Waals surface area contributed by atoms with E-state index in [1.165, 1.54) is 12.8 Å². The van der Waals surface area contributed by atoms with Gasteiger partial charge in [0.2, 0.25) is 0 Å². The van der Waals surface area contributed by atoms with Gasteiger partial charge in [0.25, 0.3) is 0 Å². The van der Waals surface area contributed by atoms with Crippen LogP contribution in [-0.2, 0) is 22.7 Å². The predicted molar refractivity (Wildman–Crippen MR) is 124 cm³/mol. The second-order valence-electron chi connectivity index (χ2n) is 8.18. The molecular weight excluding hydrogens is 404 g/mol. The third-order valence-corrected chi connectivity index (χ3v) is 5.64. The van der Waals surface area contributed by atoms with Gasteiger partial charge in [0.1, 0.15) is 13.2 Å². The molecule has 2 aliphatic heterocycles. The highest BCUT2D eigenvalue weighted by Gasteiger charge is 2.18. The normalized spacial score (nSPS) is 15.9. The number of benzene rings is 2. The highest BCUT2D eigenvalue weighted by Crippen LogP contribution is 2.12. The summed E-state index contributed by atoms with van der Waals surface area (Å²) in [5.74, 6) is 0. The molecule has 0 spiro atoms. The third-order valence-electron chi connectivity index (χ3n) is 5.64. The quantitative estimate of drug-likeness (QED) is 0.622. The molecule has 0 unspecified atom stereocenters. The molecule has 2 aromatic carbocycles. The third kappa shape index (κ3) is 8.25. The lowest BCUT2D eigenvalue weighted by atomic mass is 10.1. The van der Waals surface area contributed by atoms with Crippen LogP contribution in [0.2, 0.25) is 0 Å². The van der Waals surface area contributed by atoms with E-state index in [2.05, 4.69) is 0 Å². The molecule has 6 heteroatoms. The fraction of sp³-hybridized carbons (Fsp3) is 0.462. The number of carbonyl (C=O) groups is 2. The van der Waals surface area contributed by atoms with Crippen LogP contribution in [0, 0.1) is 0 Å². The number of likely N-dealkylation sites (tertiary alicyclic amines) is 2. The van der Waals surface area contributed by atoms with Crippen LogP contribution < -0.4 is 0 Å². The lowest BCUT2D eigenvalue weighted by Crippen LogP contribution is -2.35. The van der Waals surface area contributed by atoms with Crippen molar-refractivity contribution in [2.75, 3.05) is 26.2 Å². The number of rotatable bonds is 4. The van der Waals surface area contributed by atoms with E-state index in [1.54, 1.807) is 9.80 Å². The minimum atomic E-state index is -0.177. The zero-order chi connectivity index (χ0) is 22.4. The van der Waals surface area contributed by atoms with Crippen LogP contribution in [0.15, 0.2) is 60.7 Å². The Morgan fingerprint density at radius 2 is 0.906 bits per heavy atom. The van der Waals surface area contributed by atoms with Crippen molar-refractivity contribution in [3.8, 4) is 0 Å². The molecule has 4 rings (SSSR count). The van der Waals surface area contributed by atoms with Crippen molar-refractivity contribution in [1.82, 2.24) is 9.80 Å². The summed E-state index contributed by atoms with van der Waals surface area (Å²) in [5.41, 5.74) is 2.07. The SMILES string of the molecule is O=C(OCc1ccccc1)N1CCCCC1.O=C(OCc1ccccc1)N1CCCCC1. The van der Waals surface area contributed by atoms with Gasteiger partial charge in [-0.25, -0.2) is 9.59 Å². The van der Waals surface area contributed by atoms with Crippen molar-refractivity contribution in [3.05, 3.63) is 71.8 Å². The van der Waals surface area contributed by atoms with E-state index in [0.717, 1.165) is 63.0 Å². The molecule has 2 fully saturated rings. The van der Waals surface area contributed by atoms with E-state index in [4.69, 9.17) is 9.47 Å². The minimum absolute atomic E-state index is 0.177. The Bertz CT molecular complexity index is 732. The molecular formula is C26H34N2O4. The molecule has 2 amide bonds. The summed E-state index contributed by atoms with van der Waals surface area (Å²) >= 11 is 0. The second kappa shape index (κ2) is 13.4. The Morgan fingerprint density at radius 3 is 1.25 bits per heavy atom. The van der Waals surface area contributed by atoms with Crippen LogP contribution in [-0.4, -0.2) is 48.2 Å². The molecule has 172 valence electrons. The number of piperidine rings is 2. The molecule has 2 aliphatic rings. The van der Waals surface area contributed by atoms with Crippen molar-refractivity contribution >= 4 is 12.2 Å². The summed E-state index contributed by atoms with van der Waals surface area (Å²) in [6, 6.07) is 19.5. The lowest BCUT2D eigenvalue weighted by molar-refractivity contribution is 0.0888. The molecule has 0 bridgehead atoms. The van der Waals surface area contributed by atoms with Gasteiger partial charge < -0.3 is 19.3 Å². The number of ether oxygens (including phenoxy) is 2. The van der Waals surface area contributed by atoms with Crippen LogP contribution in [0.4, 0.5) is 9.59 Å². The Kier molecular flexibility index (Phi) is 9.90. The van der Waals surface area contributed by atoms with E-state index in [0.29, 0.717) is 13.2 Å². The summed E-state index contributed by atoms with van der Waals surface area (Å²) in [4.78, 5) is 26.9. The summed E-state index contributed by atoms with van der Waals surface area (Å²) in [6.45, 7) is 4.11. The van der Waals surface area contributed by atoms with Crippen LogP contribution in [0.5, 0.6) is 0 Å². The molecule has 0 saturated carbocycles. The van der Waals surface area contributed by atoms with Gasteiger partial charge in [-0.1, -0.05) is 60.7 Å². The number of hydrogen-bond acceptors (Lipinski definition) is 4. The van der Waals surface area contributed by atoms with Gasteiger partial charge in [-0.3, -0.25) is 0 Å². The van der Waals surface area contributed by atoms with E-state index >= 15 is 0 Å². The Morgan fingerprint density at radius 1 is 0.562 bits per heavy atom. The largest absolute Gasteiger partial charge is 0.445 e. The molecule has 2 aromatic rings. The van der Waals surface area contributed by atoms with Crippen molar-refractivity contribution in [1.29, 1.82) is 0 Å². The molecule has 0 N–H and O–H groups in total. The monoisotopic (exact) mass is 438 g/mol. The summed E-state index contributed by atoms with van der Waals surface area (Å²) in [5, 5.41) is 0. The highest BCUT2D eigenvalue weighted by molar-refractivity contribution is 5.68. The Hall–Kier alpha value is -3.02. The first kappa shape index (κ1) is 23.6. The molecule has 0 aliphatic carbocycles. The van der Waals surface area contributed by atoms with Crippen LogP contribution in [0.1, 0.15) is 49.7 Å². The summed E-state index contributed by atoms with van der Waals surface area (Å²) in [6.07, 6.45) is 6.49. The topological polar surface area (TPSA) is 59.1 Å². The van der Waals surface area contributed by atoms with Crippen molar-refractivity contribution < 1.29 is 19.1 Å². The zero-order valence-corrected chi connectivity index (χ0v) is 18.8. The molecule has 0 atom stereocenters. The molecule has 0 radical (unpaired) electrons. The van der Waals surface area contributed by atoms with Gasteiger partial charge in [0.15, 0.2) is 0 Å². The van der Waals surface area contributed by atoms with E-state index in [-0.39, 0.29) is 12.2 Å². The van der Waals surface area contributed by atoms with E-state index in [1.807, 2.05) is 60.7 Å². The maximum absolute atomic E-state index is 11.7. The fourth-order valence-electron chi connectivity index (χ4n) is 3.77. The average Bonchev–Trinajstić information content (AvgIpc) is 2.88. The first-order valence-corrected chi connectivity index (χ1v) is 11.6. The number of nitrogens with zero attached hydrogens (tertiary/aromatic N) is 2. The van der Waals surface area contributed by atoms with Gasteiger partial charge >= 0.3 is 12.2 Å². The van der Waals surface area contributed by atoms with E-state index in [9.17, 15) is 9.59 Å². The molecule has 0 aromatic heterocycles. The summed E-state index contributed by atoms with van der Waals surface area (Å²) in [7, 11) is 0. The van der Waals surface area contributed by atoms with Crippen LogP contribution >= 0.6 is 0 Å². The van der Waals surface area contributed by atoms with Gasteiger partial charge in [0, 0.05) is 26.2 Å². The zero-order valence-electron chi connectivity index (χ0n) is 18.8. The van der Waals surface area contributed by atoms with Crippen LogP contribution in [0.3, 0.4) is 0 Å². The fourth-order valence-corrected chi connectivity index (χ4v) is 3.77. The number of hydrogen-bond donors (Lipinski definition) is 0. The Balaban J connectivity index is 0.000000181. The maximum Gasteiger partial charge on any atom is 0.410 e. The van der Waals surface area contributed by atoms with Crippen LogP contribution in [0.25, 0.3) is 0 Å². The summed E-state index contributed by atoms with van der Waals surface area (Å²) < 4.78 is 10.5. The molecule has 6 nitrogen and oxygen atoms in total. The molecule has 2 heterocycles. The van der Waals surface area contributed by atoms with Gasteiger partial charge in [0.05, 0.1) is 0 Å². The lowest BCUT2D eigenvalue weighted by Gasteiger charge is -2.25. The smallest absolute Gasteiger partial charge is 0.410 e. The standard InChI is InChI=1S/2C13H17NO2/c2*15-13(14-9-5-2-6-10-14)16-11-12-7-3-1-4-8-12/h2*1,3-4,7-8H,2,5-6,9-11H2. The number of amides is 2. The van der Waals surface area contributed by atoms with Crippen molar-refractivity contribution in [3.63, 3.8) is 0 Å². The van der Waals surface area contributed by atoms with Crippen molar-refractivity contribution in [2.24, 2.45) is 0 Å². The maximum atomic E-state index is 11.7. The minimum Gasteiger partial charge on any atom is -0.445 e. The van der Waals surface area contributed by atoms with Crippen molar-refractivity contribution in [2.45, 2.75) is 51.7 Å². The van der Waals surface area contributed by atoms with Gasteiger partial charge in [-0.15, -0.1) is 0 Å². The molecule has 32 heavy (non-hydrogen) atoms. The van der Waals surface area contributed by atoms with Gasteiger partial charge in [-0.05, 0) is 49.7 Å². The van der Waals surface area contributed by atoms with E-state index < -0.39 is 0 Å².